The number of carbonyl (C=O) groups excluding carboxylic acids is 1. The molecule has 1 aliphatic heterocycles. The SMILES string of the molecule is CC1CCN(CC(NC(C)C)C(N)=O)CC1. The average molecular weight is 227 g/mol. The van der Waals surface area contributed by atoms with Crippen LogP contribution in [0.4, 0.5) is 0 Å². The van der Waals surface area contributed by atoms with Crippen molar-refractivity contribution < 1.29 is 4.79 Å². The zero-order valence-corrected chi connectivity index (χ0v) is 10.7. The monoisotopic (exact) mass is 227 g/mol. The fourth-order valence-corrected chi connectivity index (χ4v) is 2.13. The summed E-state index contributed by atoms with van der Waals surface area (Å²) in [5.74, 6) is 0.577. The molecule has 0 spiro atoms. The van der Waals surface area contributed by atoms with Crippen molar-refractivity contribution in [3.8, 4) is 0 Å². The second-order valence-electron chi connectivity index (χ2n) is 5.26. The highest BCUT2D eigenvalue weighted by atomic mass is 16.1. The van der Waals surface area contributed by atoms with Gasteiger partial charge in [-0.25, -0.2) is 0 Å². The number of amides is 1. The summed E-state index contributed by atoms with van der Waals surface area (Å²) >= 11 is 0. The van der Waals surface area contributed by atoms with Crippen molar-refractivity contribution in [2.24, 2.45) is 11.7 Å². The molecule has 1 unspecified atom stereocenters. The molecule has 0 bridgehead atoms. The molecule has 1 atom stereocenters. The molecule has 94 valence electrons. The van der Waals surface area contributed by atoms with Crippen LogP contribution in [0.25, 0.3) is 0 Å². The lowest BCUT2D eigenvalue weighted by atomic mass is 9.99. The van der Waals surface area contributed by atoms with E-state index in [1.54, 1.807) is 0 Å². The number of piperidine rings is 1. The molecule has 0 aromatic heterocycles. The fraction of sp³-hybridized carbons (Fsp3) is 0.917. The van der Waals surface area contributed by atoms with Gasteiger partial charge in [0.1, 0.15) is 0 Å². The van der Waals surface area contributed by atoms with Gasteiger partial charge in [-0.05, 0) is 31.8 Å². The summed E-state index contributed by atoms with van der Waals surface area (Å²) in [7, 11) is 0. The molecule has 0 aromatic rings. The Morgan fingerprint density at radius 3 is 2.44 bits per heavy atom. The molecule has 1 heterocycles. The highest BCUT2D eigenvalue weighted by molar-refractivity contribution is 5.80. The van der Waals surface area contributed by atoms with Gasteiger partial charge in [-0.15, -0.1) is 0 Å². The lowest BCUT2D eigenvalue weighted by molar-refractivity contribution is -0.120. The van der Waals surface area contributed by atoms with E-state index in [4.69, 9.17) is 5.73 Å². The highest BCUT2D eigenvalue weighted by Gasteiger charge is 2.22. The summed E-state index contributed by atoms with van der Waals surface area (Å²) in [4.78, 5) is 13.6. The first-order valence-corrected chi connectivity index (χ1v) is 6.26. The number of hydrogen-bond acceptors (Lipinski definition) is 3. The van der Waals surface area contributed by atoms with Gasteiger partial charge in [-0.1, -0.05) is 20.8 Å². The number of nitrogens with two attached hydrogens (primary N) is 1. The Balaban J connectivity index is 2.39. The Labute approximate surface area is 98.6 Å². The molecular weight excluding hydrogens is 202 g/mol. The van der Waals surface area contributed by atoms with Crippen LogP contribution < -0.4 is 11.1 Å². The minimum atomic E-state index is -0.243. The first-order chi connectivity index (χ1) is 7.49. The molecular formula is C12H25N3O. The standard InChI is InChI=1S/C12H25N3O/c1-9(2)14-11(12(13)16)8-15-6-4-10(3)5-7-15/h9-11,14H,4-8H2,1-3H3,(H2,13,16). The molecule has 0 radical (unpaired) electrons. The van der Waals surface area contributed by atoms with Crippen LogP contribution in [0.1, 0.15) is 33.6 Å². The Bertz CT molecular complexity index is 222. The lowest BCUT2D eigenvalue weighted by Crippen LogP contribution is -2.52. The normalized spacial score (nSPS) is 21.2. The minimum Gasteiger partial charge on any atom is -0.368 e. The number of likely N-dealkylation sites (tertiary alicyclic amines) is 1. The molecule has 1 rings (SSSR count). The van der Waals surface area contributed by atoms with Gasteiger partial charge in [0, 0.05) is 12.6 Å². The van der Waals surface area contributed by atoms with Crippen LogP contribution >= 0.6 is 0 Å². The van der Waals surface area contributed by atoms with Crippen molar-refractivity contribution in [1.29, 1.82) is 0 Å². The summed E-state index contributed by atoms with van der Waals surface area (Å²) in [6.07, 6.45) is 2.46. The molecule has 1 fully saturated rings. The van der Waals surface area contributed by atoms with Crippen LogP contribution in [-0.2, 0) is 4.79 Å². The Kier molecular flexibility index (Phi) is 5.22. The summed E-state index contributed by atoms with van der Waals surface area (Å²) in [6, 6.07) is 0.0784. The van der Waals surface area contributed by atoms with Crippen molar-refractivity contribution in [2.45, 2.75) is 45.7 Å². The lowest BCUT2D eigenvalue weighted by Gasteiger charge is -2.32. The van der Waals surface area contributed by atoms with Gasteiger partial charge in [0.2, 0.25) is 5.91 Å². The van der Waals surface area contributed by atoms with Gasteiger partial charge in [0.15, 0.2) is 0 Å². The van der Waals surface area contributed by atoms with Crippen molar-refractivity contribution in [1.82, 2.24) is 10.2 Å². The maximum Gasteiger partial charge on any atom is 0.235 e. The topological polar surface area (TPSA) is 58.4 Å². The van der Waals surface area contributed by atoms with Crippen molar-refractivity contribution in [3.05, 3.63) is 0 Å². The smallest absolute Gasteiger partial charge is 0.235 e. The highest BCUT2D eigenvalue weighted by Crippen LogP contribution is 2.15. The second kappa shape index (κ2) is 6.21. The molecule has 0 saturated carbocycles. The summed E-state index contributed by atoms with van der Waals surface area (Å²) in [6.45, 7) is 9.29. The van der Waals surface area contributed by atoms with E-state index in [2.05, 4.69) is 17.1 Å². The van der Waals surface area contributed by atoms with Gasteiger partial charge in [-0.3, -0.25) is 4.79 Å². The average Bonchev–Trinajstić information content (AvgIpc) is 2.19. The third-order valence-electron chi connectivity index (χ3n) is 3.19. The molecule has 4 nitrogen and oxygen atoms in total. The number of hydrogen-bond donors (Lipinski definition) is 2. The van der Waals surface area contributed by atoms with Crippen LogP contribution in [0.2, 0.25) is 0 Å². The van der Waals surface area contributed by atoms with Crippen LogP contribution in [0, 0.1) is 5.92 Å². The predicted molar refractivity (Wildman–Crippen MR) is 66.1 cm³/mol. The van der Waals surface area contributed by atoms with E-state index in [9.17, 15) is 4.79 Å². The van der Waals surface area contributed by atoms with Gasteiger partial charge in [0.25, 0.3) is 0 Å². The van der Waals surface area contributed by atoms with E-state index in [-0.39, 0.29) is 11.9 Å². The first kappa shape index (κ1) is 13.5. The maximum atomic E-state index is 11.3. The van der Waals surface area contributed by atoms with Crippen LogP contribution in [0.5, 0.6) is 0 Å². The maximum absolute atomic E-state index is 11.3. The molecule has 16 heavy (non-hydrogen) atoms. The largest absolute Gasteiger partial charge is 0.368 e. The molecule has 1 aliphatic rings. The van der Waals surface area contributed by atoms with Crippen LogP contribution in [-0.4, -0.2) is 42.5 Å². The Hall–Kier alpha value is -0.610. The van der Waals surface area contributed by atoms with Crippen molar-refractivity contribution in [3.63, 3.8) is 0 Å². The van der Waals surface area contributed by atoms with E-state index in [1.165, 1.54) is 12.8 Å². The molecule has 1 amide bonds. The quantitative estimate of drug-likeness (QED) is 0.722. The third-order valence-corrected chi connectivity index (χ3v) is 3.19. The Morgan fingerprint density at radius 2 is 2.00 bits per heavy atom. The fourth-order valence-electron chi connectivity index (χ4n) is 2.13. The number of primary amides is 1. The minimum absolute atomic E-state index is 0.214. The van der Waals surface area contributed by atoms with Crippen LogP contribution in [0.3, 0.4) is 0 Å². The van der Waals surface area contributed by atoms with Gasteiger partial charge in [-0.2, -0.15) is 0 Å². The Morgan fingerprint density at radius 1 is 1.44 bits per heavy atom. The zero-order chi connectivity index (χ0) is 12.1. The van der Waals surface area contributed by atoms with E-state index < -0.39 is 0 Å². The summed E-state index contributed by atoms with van der Waals surface area (Å²) < 4.78 is 0. The molecule has 3 N–H and O–H groups in total. The van der Waals surface area contributed by atoms with Gasteiger partial charge in [0.05, 0.1) is 6.04 Å². The van der Waals surface area contributed by atoms with E-state index >= 15 is 0 Å². The number of nitrogens with zero attached hydrogens (tertiary/aromatic N) is 1. The molecule has 0 aromatic carbocycles. The number of nitrogens with one attached hydrogen (secondary N) is 1. The second-order valence-corrected chi connectivity index (χ2v) is 5.26. The summed E-state index contributed by atoms with van der Waals surface area (Å²) in [5.41, 5.74) is 5.40. The molecule has 0 aliphatic carbocycles. The van der Waals surface area contributed by atoms with E-state index in [1.807, 2.05) is 13.8 Å². The van der Waals surface area contributed by atoms with Crippen molar-refractivity contribution >= 4 is 5.91 Å². The zero-order valence-electron chi connectivity index (χ0n) is 10.7. The molecule has 1 saturated heterocycles. The number of carbonyl (C=O) groups is 1. The van der Waals surface area contributed by atoms with Crippen molar-refractivity contribution in [2.75, 3.05) is 19.6 Å². The predicted octanol–water partition coefficient (Wildman–Crippen LogP) is 0.570. The van der Waals surface area contributed by atoms with Gasteiger partial charge < -0.3 is 16.0 Å². The van der Waals surface area contributed by atoms with E-state index in [0.717, 1.165) is 25.6 Å². The third kappa shape index (κ3) is 4.49. The first-order valence-electron chi connectivity index (χ1n) is 6.26. The van der Waals surface area contributed by atoms with Gasteiger partial charge >= 0.3 is 0 Å². The van der Waals surface area contributed by atoms with E-state index in [0.29, 0.717) is 6.04 Å². The summed E-state index contributed by atoms with van der Waals surface area (Å²) in [5, 5.41) is 3.22. The number of rotatable bonds is 5. The van der Waals surface area contributed by atoms with Crippen LogP contribution in [0.15, 0.2) is 0 Å². The molecule has 4 heteroatoms.